The zero-order chi connectivity index (χ0) is 8.82. The summed E-state index contributed by atoms with van der Waals surface area (Å²) in [5.41, 5.74) is 4.84. The average Bonchev–Trinajstić information content (AvgIpc) is 2.55. The highest BCUT2D eigenvalue weighted by atomic mass is 35.5. The Labute approximate surface area is 83.5 Å². The van der Waals surface area contributed by atoms with Gasteiger partial charge in [-0.25, -0.2) is 8.78 Å². The van der Waals surface area contributed by atoms with Gasteiger partial charge in [0.25, 0.3) is 5.92 Å². The van der Waals surface area contributed by atoms with Crippen LogP contribution in [0.25, 0.3) is 0 Å². The standard InChI is InChI=1S/C9H15F2N.ClH/c10-9(11)6-8(9)4-2-1-3-7(8)5-12;/h7H,1-6,12H2;1H/t7-,8-;/m1./s1. The number of hydrogen-bond acceptors (Lipinski definition) is 1. The molecule has 0 aromatic carbocycles. The van der Waals surface area contributed by atoms with Crippen molar-refractivity contribution in [1.82, 2.24) is 0 Å². The van der Waals surface area contributed by atoms with Gasteiger partial charge in [-0.1, -0.05) is 12.8 Å². The van der Waals surface area contributed by atoms with E-state index in [2.05, 4.69) is 0 Å². The van der Waals surface area contributed by atoms with E-state index in [1.807, 2.05) is 0 Å². The smallest absolute Gasteiger partial charge is 0.254 e. The fraction of sp³-hybridized carbons (Fsp3) is 1.00. The summed E-state index contributed by atoms with van der Waals surface area (Å²) in [6.07, 6.45) is 3.75. The van der Waals surface area contributed by atoms with Crippen LogP contribution in [0.2, 0.25) is 0 Å². The first-order valence-electron chi connectivity index (χ1n) is 4.70. The quantitative estimate of drug-likeness (QED) is 0.709. The molecule has 13 heavy (non-hydrogen) atoms. The molecule has 0 radical (unpaired) electrons. The Kier molecular flexibility index (Phi) is 2.89. The molecule has 0 bridgehead atoms. The van der Waals surface area contributed by atoms with Crippen LogP contribution in [0.3, 0.4) is 0 Å². The van der Waals surface area contributed by atoms with Crippen molar-refractivity contribution in [3.63, 3.8) is 0 Å². The molecular weight excluding hydrogens is 196 g/mol. The van der Waals surface area contributed by atoms with Crippen molar-refractivity contribution in [2.75, 3.05) is 6.54 Å². The highest BCUT2D eigenvalue weighted by Crippen LogP contribution is 2.69. The van der Waals surface area contributed by atoms with Crippen molar-refractivity contribution >= 4 is 12.4 Å². The third-order valence-electron chi connectivity index (χ3n) is 3.63. The Morgan fingerprint density at radius 2 is 1.92 bits per heavy atom. The predicted molar refractivity (Wildman–Crippen MR) is 50.3 cm³/mol. The van der Waals surface area contributed by atoms with E-state index in [-0.39, 0.29) is 24.7 Å². The molecule has 2 rings (SSSR count). The van der Waals surface area contributed by atoms with E-state index in [0.717, 1.165) is 19.3 Å². The van der Waals surface area contributed by atoms with Crippen LogP contribution < -0.4 is 5.73 Å². The molecule has 0 aliphatic heterocycles. The van der Waals surface area contributed by atoms with Crippen LogP contribution >= 0.6 is 12.4 Å². The maximum atomic E-state index is 13.1. The zero-order valence-electron chi connectivity index (χ0n) is 7.56. The Balaban J connectivity index is 0.000000845. The molecule has 0 amide bonds. The number of nitrogens with two attached hydrogens (primary N) is 1. The number of hydrogen-bond donors (Lipinski definition) is 1. The van der Waals surface area contributed by atoms with Gasteiger partial charge in [0.2, 0.25) is 0 Å². The molecule has 2 saturated carbocycles. The Morgan fingerprint density at radius 3 is 2.31 bits per heavy atom. The molecule has 2 atom stereocenters. The average molecular weight is 212 g/mol. The highest BCUT2D eigenvalue weighted by molar-refractivity contribution is 5.85. The van der Waals surface area contributed by atoms with Crippen LogP contribution in [-0.4, -0.2) is 12.5 Å². The summed E-state index contributed by atoms with van der Waals surface area (Å²) in [5.74, 6) is -2.31. The molecule has 0 aromatic heterocycles. The summed E-state index contributed by atoms with van der Waals surface area (Å²) >= 11 is 0. The molecule has 2 N–H and O–H groups in total. The first kappa shape index (κ1) is 11.2. The monoisotopic (exact) mass is 211 g/mol. The summed E-state index contributed by atoms with van der Waals surface area (Å²) in [6, 6.07) is 0. The van der Waals surface area contributed by atoms with E-state index in [1.165, 1.54) is 0 Å². The Morgan fingerprint density at radius 1 is 1.31 bits per heavy atom. The summed E-state index contributed by atoms with van der Waals surface area (Å²) in [7, 11) is 0. The van der Waals surface area contributed by atoms with Gasteiger partial charge in [-0.2, -0.15) is 0 Å². The summed E-state index contributed by atoms with van der Waals surface area (Å²) in [5, 5.41) is 0. The van der Waals surface area contributed by atoms with Crippen molar-refractivity contribution in [2.45, 2.75) is 38.0 Å². The van der Waals surface area contributed by atoms with Crippen LogP contribution in [0.15, 0.2) is 0 Å². The molecule has 2 aliphatic rings. The van der Waals surface area contributed by atoms with Gasteiger partial charge in [-0.05, 0) is 25.3 Å². The molecule has 1 spiro atoms. The first-order chi connectivity index (χ1) is 5.62. The molecule has 2 fully saturated rings. The minimum atomic E-state index is -2.39. The van der Waals surface area contributed by atoms with Crippen molar-refractivity contribution < 1.29 is 8.78 Å². The van der Waals surface area contributed by atoms with E-state index >= 15 is 0 Å². The number of halogens is 3. The van der Waals surface area contributed by atoms with Gasteiger partial charge < -0.3 is 5.73 Å². The van der Waals surface area contributed by atoms with Gasteiger partial charge in [-0.3, -0.25) is 0 Å². The number of rotatable bonds is 1. The second-order valence-corrected chi connectivity index (χ2v) is 4.22. The largest absolute Gasteiger partial charge is 0.330 e. The predicted octanol–water partition coefficient (Wildman–Crippen LogP) is 2.58. The van der Waals surface area contributed by atoms with Gasteiger partial charge in [0.05, 0.1) is 0 Å². The van der Waals surface area contributed by atoms with Gasteiger partial charge in [0.1, 0.15) is 0 Å². The fourth-order valence-electron chi connectivity index (χ4n) is 2.72. The molecule has 1 nitrogen and oxygen atoms in total. The first-order valence-corrected chi connectivity index (χ1v) is 4.70. The lowest BCUT2D eigenvalue weighted by atomic mass is 9.76. The third kappa shape index (κ3) is 1.46. The lowest BCUT2D eigenvalue weighted by molar-refractivity contribution is 0.0213. The topological polar surface area (TPSA) is 26.0 Å². The van der Waals surface area contributed by atoms with Crippen molar-refractivity contribution in [3.05, 3.63) is 0 Å². The summed E-state index contributed by atoms with van der Waals surface area (Å²) < 4.78 is 26.1. The maximum Gasteiger partial charge on any atom is 0.254 e. The van der Waals surface area contributed by atoms with E-state index in [9.17, 15) is 8.78 Å². The van der Waals surface area contributed by atoms with Gasteiger partial charge in [-0.15, -0.1) is 12.4 Å². The van der Waals surface area contributed by atoms with E-state index in [1.54, 1.807) is 0 Å². The highest BCUT2D eigenvalue weighted by Gasteiger charge is 2.73. The maximum absolute atomic E-state index is 13.1. The van der Waals surface area contributed by atoms with E-state index < -0.39 is 11.3 Å². The van der Waals surface area contributed by atoms with Crippen molar-refractivity contribution in [1.29, 1.82) is 0 Å². The van der Waals surface area contributed by atoms with Crippen molar-refractivity contribution in [2.24, 2.45) is 17.1 Å². The SMILES string of the molecule is Cl.NC[C@H]1CCCC[C@@]12CC2(F)F. The molecule has 0 unspecified atom stereocenters. The molecule has 4 heteroatoms. The second kappa shape index (κ2) is 3.35. The van der Waals surface area contributed by atoms with Gasteiger partial charge in [0, 0.05) is 11.8 Å². The molecule has 0 heterocycles. The van der Waals surface area contributed by atoms with Crippen LogP contribution in [0.1, 0.15) is 32.1 Å². The van der Waals surface area contributed by atoms with Crippen LogP contribution in [0.4, 0.5) is 8.78 Å². The van der Waals surface area contributed by atoms with E-state index in [0.29, 0.717) is 13.0 Å². The minimum Gasteiger partial charge on any atom is -0.330 e. The van der Waals surface area contributed by atoms with Crippen LogP contribution in [0, 0.1) is 11.3 Å². The van der Waals surface area contributed by atoms with E-state index in [4.69, 9.17) is 5.73 Å². The third-order valence-corrected chi connectivity index (χ3v) is 3.63. The lowest BCUT2D eigenvalue weighted by Crippen LogP contribution is -2.32. The molecule has 0 aromatic rings. The lowest BCUT2D eigenvalue weighted by Gasteiger charge is -2.30. The normalized spacial score (nSPS) is 41.3. The Bertz CT molecular complexity index is 198. The molecule has 78 valence electrons. The molecule has 0 saturated heterocycles. The summed E-state index contributed by atoms with van der Waals surface area (Å²) in [4.78, 5) is 0. The van der Waals surface area contributed by atoms with Crippen LogP contribution in [-0.2, 0) is 0 Å². The second-order valence-electron chi connectivity index (χ2n) is 4.22. The van der Waals surface area contributed by atoms with Gasteiger partial charge >= 0.3 is 0 Å². The fourth-order valence-corrected chi connectivity index (χ4v) is 2.72. The minimum absolute atomic E-state index is 0. The van der Waals surface area contributed by atoms with Crippen LogP contribution in [0.5, 0.6) is 0 Å². The zero-order valence-corrected chi connectivity index (χ0v) is 8.38. The number of alkyl halides is 2. The van der Waals surface area contributed by atoms with Gasteiger partial charge in [0.15, 0.2) is 0 Å². The Hall–Kier alpha value is 0.110. The molecule has 2 aliphatic carbocycles. The van der Waals surface area contributed by atoms with Crippen molar-refractivity contribution in [3.8, 4) is 0 Å². The molecular formula is C9H16ClF2N. The summed E-state index contributed by atoms with van der Waals surface area (Å²) in [6.45, 7) is 0.440.